The van der Waals surface area contributed by atoms with Gasteiger partial charge < -0.3 is 11.1 Å². The molecule has 8 nitrogen and oxygen atoms in total. The molecule has 1 aromatic heterocycles. The first-order chi connectivity index (χ1) is 14.3. The van der Waals surface area contributed by atoms with Crippen molar-refractivity contribution in [1.29, 1.82) is 0 Å². The van der Waals surface area contributed by atoms with Gasteiger partial charge in [0.25, 0.3) is 23.3 Å². The second-order valence-electron chi connectivity index (χ2n) is 6.34. The first-order valence-electron chi connectivity index (χ1n) is 8.55. The molecule has 2 aromatic carbocycles. The molecule has 4 N–H and O–H groups in total. The highest BCUT2D eigenvalue weighted by atomic mass is 35.5. The topological polar surface area (TPSA) is 123 Å². The van der Waals surface area contributed by atoms with Gasteiger partial charge in [0.15, 0.2) is 0 Å². The number of aromatic nitrogens is 1. The van der Waals surface area contributed by atoms with Gasteiger partial charge in [-0.25, -0.2) is 0 Å². The third-order valence-electron chi connectivity index (χ3n) is 4.54. The first-order valence-corrected chi connectivity index (χ1v) is 9.31. The highest BCUT2D eigenvalue weighted by Gasteiger charge is 2.32. The normalized spacial score (nSPS) is 12.5. The van der Waals surface area contributed by atoms with Gasteiger partial charge in [-0.2, -0.15) is 0 Å². The maximum absolute atomic E-state index is 13.0. The van der Waals surface area contributed by atoms with E-state index >= 15 is 0 Å². The number of hydrogen-bond donors (Lipinski definition) is 3. The zero-order chi connectivity index (χ0) is 21.6. The fraction of sp³-hybridized carbons (Fsp3) is 0. The lowest BCUT2D eigenvalue weighted by atomic mass is 10.1. The number of nitrogens with one attached hydrogen (secondary N) is 2. The molecule has 0 aliphatic carbocycles. The molecule has 0 saturated heterocycles. The van der Waals surface area contributed by atoms with Gasteiger partial charge in [0.2, 0.25) is 0 Å². The Hall–Kier alpha value is -3.62. The number of nitrogens with two attached hydrogens (primary N) is 1. The van der Waals surface area contributed by atoms with E-state index in [9.17, 15) is 19.2 Å². The van der Waals surface area contributed by atoms with Crippen molar-refractivity contribution in [2.75, 3.05) is 11.1 Å². The number of nitrogen functional groups attached to an aromatic ring is 1. The molecule has 10 heteroatoms. The molecule has 3 aromatic rings. The SMILES string of the molecule is Nc1c2c(cc(=O)n1-c1ccccc1C(=O)Nc1c(Cl)cccc1Cl)C(=O)NC2=O. The van der Waals surface area contributed by atoms with Gasteiger partial charge in [-0.15, -0.1) is 0 Å². The molecule has 3 amide bonds. The summed E-state index contributed by atoms with van der Waals surface area (Å²) in [5.74, 6) is -2.28. The van der Waals surface area contributed by atoms with Gasteiger partial charge in [0.1, 0.15) is 5.82 Å². The minimum Gasteiger partial charge on any atom is -0.384 e. The first kappa shape index (κ1) is 19.7. The molecule has 30 heavy (non-hydrogen) atoms. The molecule has 0 saturated carbocycles. The summed E-state index contributed by atoms with van der Waals surface area (Å²) >= 11 is 12.2. The number of imide groups is 1. The van der Waals surface area contributed by atoms with E-state index in [0.717, 1.165) is 10.6 Å². The number of fused-ring (bicyclic) bond motifs is 1. The van der Waals surface area contributed by atoms with Crippen LogP contribution in [0, 0.1) is 0 Å². The number of rotatable bonds is 3. The number of carbonyl (C=O) groups excluding carboxylic acids is 3. The minimum atomic E-state index is -0.717. The van der Waals surface area contributed by atoms with E-state index in [2.05, 4.69) is 10.6 Å². The summed E-state index contributed by atoms with van der Waals surface area (Å²) in [7, 11) is 0. The predicted octanol–water partition coefficient (Wildman–Crippen LogP) is 2.86. The predicted molar refractivity (Wildman–Crippen MR) is 113 cm³/mol. The summed E-state index contributed by atoms with van der Waals surface area (Å²) in [6, 6.07) is 11.9. The van der Waals surface area contributed by atoms with Crippen LogP contribution < -0.4 is 21.9 Å². The molecule has 1 aliphatic rings. The summed E-state index contributed by atoms with van der Waals surface area (Å²) in [5.41, 5.74) is 5.57. The van der Waals surface area contributed by atoms with E-state index in [1.165, 1.54) is 12.1 Å². The van der Waals surface area contributed by atoms with Crippen molar-refractivity contribution in [1.82, 2.24) is 9.88 Å². The average Bonchev–Trinajstić information content (AvgIpc) is 2.98. The Morgan fingerprint density at radius 1 is 0.967 bits per heavy atom. The van der Waals surface area contributed by atoms with Gasteiger partial charge in [-0.3, -0.25) is 29.1 Å². The molecular weight excluding hydrogens is 431 g/mol. The van der Waals surface area contributed by atoms with Crippen molar-refractivity contribution in [2.24, 2.45) is 0 Å². The lowest BCUT2D eigenvalue weighted by molar-refractivity contribution is 0.0879. The zero-order valence-electron chi connectivity index (χ0n) is 15.0. The lowest BCUT2D eigenvalue weighted by Gasteiger charge is -2.16. The molecule has 0 spiro atoms. The van der Waals surface area contributed by atoms with Crippen molar-refractivity contribution in [2.45, 2.75) is 0 Å². The Balaban J connectivity index is 1.85. The number of amides is 3. The number of carbonyl (C=O) groups is 3. The summed E-state index contributed by atoms with van der Waals surface area (Å²) in [6.07, 6.45) is 0. The Labute approximate surface area is 179 Å². The van der Waals surface area contributed by atoms with E-state index in [0.29, 0.717) is 0 Å². The fourth-order valence-corrected chi connectivity index (χ4v) is 3.68. The number of para-hydroxylation sites is 2. The van der Waals surface area contributed by atoms with Crippen LogP contribution in [0.15, 0.2) is 53.3 Å². The van der Waals surface area contributed by atoms with Crippen molar-refractivity contribution < 1.29 is 14.4 Å². The molecule has 0 fully saturated rings. The monoisotopic (exact) mass is 442 g/mol. The Morgan fingerprint density at radius 2 is 1.63 bits per heavy atom. The third-order valence-corrected chi connectivity index (χ3v) is 5.17. The van der Waals surface area contributed by atoms with Gasteiger partial charge in [-0.1, -0.05) is 41.4 Å². The second kappa shape index (κ2) is 7.33. The number of anilines is 2. The zero-order valence-corrected chi connectivity index (χ0v) is 16.5. The van der Waals surface area contributed by atoms with Gasteiger partial charge in [-0.05, 0) is 24.3 Å². The van der Waals surface area contributed by atoms with Crippen molar-refractivity contribution in [3.63, 3.8) is 0 Å². The van der Waals surface area contributed by atoms with E-state index in [1.54, 1.807) is 30.3 Å². The highest BCUT2D eigenvalue weighted by Crippen LogP contribution is 2.31. The third kappa shape index (κ3) is 3.12. The van der Waals surface area contributed by atoms with Crippen LogP contribution in [0.2, 0.25) is 10.0 Å². The highest BCUT2D eigenvalue weighted by molar-refractivity contribution is 6.40. The van der Waals surface area contributed by atoms with Crippen LogP contribution in [0.25, 0.3) is 5.69 Å². The summed E-state index contributed by atoms with van der Waals surface area (Å²) in [5, 5.41) is 5.18. The standard InChI is InChI=1S/C20H12Cl2N4O4/c21-11-5-3-6-12(22)16(11)24-18(28)9-4-1-2-7-13(9)26-14(27)8-10-15(17(26)23)20(30)25-19(10)29/h1-8H,23H2,(H,24,28)(H,25,29,30). The molecule has 0 radical (unpaired) electrons. The number of nitrogens with zero attached hydrogens (tertiary/aromatic N) is 1. The van der Waals surface area contributed by atoms with E-state index in [1.807, 2.05) is 0 Å². The van der Waals surface area contributed by atoms with Crippen molar-refractivity contribution >= 4 is 52.4 Å². The fourth-order valence-electron chi connectivity index (χ4n) is 3.19. The van der Waals surface area contributed by atoms with Crippen LogP contribution >= 0.6 is 23.2 Å². The minimum absolute atomic E-state index is 0.0759. The number of pyridine rings is 1. The maximum Gasteiger partial charge on any atom is 0.262 e. The molecule has 4 rings (SSSR count). The van der Waals surface area contributed by atoms with Crippen LogP contribution in [0.3, 0.4) is 0 Å². The summed E-state index contributed by atoms with van der Waals surface area (Å²) < 4.78 is 1.00. The molecule has 150 valence electrons. The van der Waals surface area contributed by atoms with Crippen LogP contribution in [-0.4, -0.2) is 22.3 Å². The largest absolute Gasteiger partial charge is 0.384 e. The smallest absolute Gasteiger partial charge is 0.262 e. The number of halogens is 2. The van der Waals surface area contributed by atoms with Gasteiger partial charge >= 0.3 is 0 Å². The molecule has 0 bridgehead atoms. The van der Waals surface area contributed by atoms with E-state index < -0.39 is 23.3 Å². The Bertz CT molecular complexity index is 1300. The quantitative estimate of drug-likeness (QED) is 0.538. The van der Waals surface area contributed by atoms with Gasteiger partial charge in [0, 0.05) is 6.07 Å². The van der Waals surface area contributed by atoms with Crippen LogP contribution in [0.1, 0.15) is 31.1 Å². The second-order valence-corrected chi connectivity index (χ2v) is 7.16. The van der Waals surface area contributed by atoms with Gasteiger partial charge in [0.05, 0.1) is 38.1 Å². The molecule has 1 aliphatic heterocycles. The van der Waals surface area contributed by atoms with E-state index in [-0.39, 0.29) is 43.9 Å². The summed E-state index contributed by atoms with van der Waals surface area (Å²) in [4.78, 5) is 49.6. The maximum atomic E-state index is 13.0. The van der Waals surface area contributed by atoms with Crippen molar-refractivity contribution in [3.8, 4) is 5.69 Å². The van der Waals surface area contributed by atoms with Crippen LogP contribution in [-0.2, 0) is 0 Å². The summed E-state index contributed by atoms with van der Waals surface area (Å²) in [6.45, 7) is 0. The lowest BCUT2D eigenvalue weighted by Crippen LogP contribution is -2.26. The van der Waals surface area contributed by atoms with Crippen LogP contribution in [0.5, 0.6) is 0 Å². The molecular formula is C20H12Cl2N4O4. The Kier molecular flexibility index (Phi) is 4.81. The molecule has 2 heterocycles. The molecule has 0 unspecified atom stereocenters. The average molecular weight is 443 g/mol. The van der Waals surface area contributed by atoms with Crippen LogP contribution in [0.4, 0.5) is 11.5 Å². The molecule has 0 atom stereocenters. The number of benzene rings is 2. The van der Waals surface area contributed by atoms with Crippen molar-refractivity contribution in [3.05, 3.63) is 85.6 Å². The number of hydrogen-bond acceptors (Lipinski definition) is 5. The Morgan fingerprint density at radius 3 is 2.33 bits per heavy atom. The van der Waals surface area contributed by atoms with E-state index in [4.69, 9.17) is 28.9 Å².